The first-order valence-electron chi connectivity index (χ1n) is 5.52. The molecule has 110 valence electrons. The molecule has 0 aliphatic heterocycles. The molecule has 21 heavy (non-hydrogen) atoms. The van der Waals surface area contributed by atoms with Crippen molar-refractivity contribution in [2.24, 2.45) is 0 Å². The lowest BCUT2D eigenvalue weighted by Crippen LogP contribution is -2.25. The Labute approximate surface area is 143 Å². The monoisotopic (exact) mass is 464 g/mol. The first-order valence-corrected chi connectivity index (χ1v) is 6.60. The van der Waals surface area contributed by atoms with Gasteiger partial charge in [-0.1, -0.05) is 0 Å². The Morgan fingerprint density at radius 3 is 2.81 bits per heavy atom. The number of hydrogen-bond acceptors (Lipinski definition) is 5. The number of nitrogens with one attached hydrogen (secondary N) is 1. The summed E-state index contributed by atoms with van der Waals surface area (Å²) in [7, 11) is 0. The number of nitrogens with zero attached hydrogens (tertiary/aromatic N) is 3. The van der Waals surface area contributed by atoms with Crippen molar-refractivity contribution in [1.29, 1.82) is 5.41 Å². The van der Waals surface area contributed by atoms with Crippen LogP contribution in [0.1, 0.15) is 10.4 Å². The summed E-state index contributed by atoms with van der Waals surface area (Å²) >= 11 is 1.85. The molecule has 0 amide bonds. The molecule has 1 N–H and O–H groups in total. The number of carbonyl (C=O) groups is 1. The Morgan fingerprint density at radius 1 is 1.48 bits per heavy atom. The number of carbonyl (C=O) groups excluding carboxylic acids is 1. The number of nitro groups is 1. The number of halogens is 2. The van der Waals surface area contributed by atoms with E-state index < -0.39 is 4.92 Å². The van der Waals surface area contributed by atoms with Crippen molar-refractivity contribution in [3.63, 3.8) is 0 Å². The quantitative estimate of drug-likeness (QED) is 0.324. The molecular weight excluding hydrogens is 455 g/mol. The Hall–Kier alpha value is -1.62. The molecule has 7 nitrogen and oxygen atoms in total. The van der Waals surface area contributed by atoms with E-state index in [0.29, 0.717) is 3.57 Å². The van der Waals surface area contributed by atoms with Gasteiger partial charge in [0.05, 0.1) is 15.0 Å². The van der Waals surface area contributed by atoms with Gasteiger partial charge in [0.15, 0.2) is 5.78 Å². The maximum Gasteiger partial charge on any atom is 0.283 e. The van der Waals surface area contributed by atoms with Gasteiger partial charge in [-0.15, -0.1) is 17.0 Å². The predicted molar refractivity (Wildman–Crippen MR) is 88.5 cm³/mol. The van der Waals surface area contributed by atoms with Crippen LogP contribution in [0.2, 0.25) is 0 Å². The van der Waals surface area contributed by atoms with Gasteiger partial charge in [0.25, 0.3) is 5.69 Å². The second-order valence-corrected chi connectivity index (χ2v) is 5.08. The van der Waals surface area contributed by atoms with Crippen molar-refractivity contribution in [2.45, 2.75) is 6.54 Å². The molecule has 0 radical (unpaired) electrons. The van der Waals surface area contributed by atoms with Gasteiger partial charge in [0.2, 0.25) is 5.62 Å². The lowest BCUT2D eigenvalue weighted by Gasteiger charge is -2.05. The Kier molecular flexibility index (Phi) is 6.15. The van der Waals surface area contributed by atoms with E-state index in [2.05, 4.69) is 4.98 Å². The number of ketones is 1. The summed E-state index contributed by atoms with van der Waals surface area (Å²) in [6.45, 7) is -0.0789. The van der Waals surface area contributed by atoms with Crippen LogP contribution in [-0.2, 0) is 6.54 Å². The molecular formula is C12H10BrIN4O3. The summed E-state index contributed by atoms with van der Waals surface area (Å²) in [5.41, 5.74) is 0.104. The highest BCUT2D eigenvalue weighted by atomic mass is 127. The molecule has 0 atom stereocenters. The highest BCUT2D eigenvalue weighted by Crippen LogP contribution is 2.22. The van der Waals surface area contributed by atoms with Crippen LogP contribution in [0.3, 0.4) is 0 Å². The molecule has 2 aromatic rings. The summed E-state index contributed by atoms with van der Waals surface area (Å²) in [6, 6.07) is 5.94. The first kappa shape index (κ1) is 17.4. The van der Waals surface area contributed by atoms with Gasteiger partial charge in [-0.05, 0) is 40.8 Å². The van der Waals surface area contributed by atoms with Gasteiger partial charge in [0.1, 0.15) is 0 Å². The zero-order chi connectivity index (χ0) is 14.7. The molecule has 0 aliphatic rings. The van der Waals surface area contributed by atoms with Crippen molar-refractivity contribution in [3.05, 3.63) is 61.5 Å². The molecule has 1 aromatic heterocycles. The minimum Gasteiger partial charge on any atom is -0.310 e. The summed E-state index contributed by atoms with van der Waals surface area (Å²) in [5, 5.41) is 18.4. The van der Waals surface area contributed by atoms with Gasteiger partial charge in [-0.25, -0.2) is 4.98 Å². The Bertz CT molecular complexity index is 747. The maximum absolute atomic E-state index is 12.1. The molecule has 0 saturated carbocycles. The molecule has 0 unspecified atom stereocenters. The average molecular weight is 465 g/mol. The zero-order valence-electron chi connectivity index (χ0n) is 10.5. The van der Waals surface area contributed by atoms with Gasteiger partial charge < -0.3 is 4.57 Å². The highest BCUT2D eigenvalue weighted by Gasteiger charge is 2.16. The van der Waals surface area contributed by atoms with Crippen molar-refractivity contribution in [1.82, 2.24) is 9.55 Å². The fourth-order valence-electron chi connectivity index (χ4n) is 1.60. The van der Waals surface area contributed by atoms with Crippen molar-refractivity contribution < 1.29 is 9.72 Å². The second kappa shape index (κ2) is 7.41. The van der Waals surface area contributed by atoms with Gasteiger partial charge in [-0.3, -0.25) is 20.3 Å². The Morgan fingerprint density at radius 2 is 2.19 bits per heavy atom. The first-order chi connectivity index (χ1) is 9.49. The third kappa shape index (κ3) is 4.17. The van der Waals surface area contributed by atoms with Crippen LogP contribution in [0.15, 0.2) is 36.7 Å². The maximum atomic E-state index is 12.1. The minimum absolute atomic E-state index is 0. The number of Topliss-reactive ketones (excluding diaryl/α,β-unsaturated/α-hetero) is 1. The van der Waals surface area contributed by atoms with Crippen LogP contribution in [0, 0.1) is 19.1 Å². The van der Waals surface area contributed by atoms with Crippen LogP contribution in [0.4, 0.5) is 5.69 Å². The van der Waals surface area contributed by atoms with E-state index in [1.165, 1.54) is 29.0 Å². The van der Waals surface area contributed by atoms with Gasteiger partial charge in [0, 0.05) is 24.0 Å². The number of nitro benzene ring substituents is 1. The van der Waals surface area contributed by atoms with E-state index in [-0.39, 0.29) is 46.2 Å². The van der Waals surface area contributed by atoms with E-state index in [1.54, 1.807) is 12.3 Å². The fraction of sp³-hybridized carbons (Fsp3) is 0.0833. The number of benzene rings is 1. The molecule has 0 fully saturated rings. The zero-order valence-corrected chi connectivity index (χ0v) is 14.4. The third-order valence-corrected chi connectivity index (χ3v) is 3.51. The molecule has 0 aliphatic carbocycles. The fourth-order valence-corrected chi connectivity index (χ4v) is 2.13. The SMILES string of the molecule is Br.N=c1ncccn1CC(=O)c1ccc(I)c([N+](=O)[O-])c1. The summed E-state index contributed by atoms with van der Waals surface area (Å²) in [4.78, 5) is 26.2. The third-order valence-electron chi connectivity index (χ3n) is 2.60. The van der Waals surface area contributed by atoms with Crippen molar-refractivity contribution in [3.8, 4) is 0 Å². The largest absolute Gasteiger partial charge is 0.310 e. The molecule has 0 spiro atoms. The molecule has 0 bridgehead atoms. The molecule has 2 rings (SSSR count). The van der Waals surface area contributed by atoms with E-state index >= 15 is 0 Å². The lowest BCUT2D eigenvalue weighted by atomic mass is 10.1. The van der Waals surface area contributed by atoms with E-state index in [1.807, 2.05) is 22.6 Å². The standard InChI is InChI=1S/C12H9IN4O3.BrH/c13-9-3-2-8(6-10(9)17(19)20)11(18)7-16-5-1-4-15-12(16)14;/h1-6,14H,7H2;1H. The number of aromatic nitrogens is 2. The average Bonchev–Trinajstić information content (AvgIpc) is 2.41. The summed E-state index contributed by atoms with van der Waals surface area (Å²) in [6.07, 6.45) is 3.02. The van der Waals surface area contributed by atoms with Crippen LogP contribution in [-0.4, -0.2) is 20.3 Å². The highest BCUT2D eigenvalue weighted by molar-refractivity contribution is 14.1. The van der Waals surface area contributed by atoms with Gasteiger partial charge in [-0.2, -0.15) is 0 Å². The molecule has 1 aromatic carbocycles. The number of hydrogen-bond donors (Lipinski definition) is 1. The smallest absolute Gasteiger partial charge is 0.283 e. The predicted octanol–water partition coefficient (Wildman–Crippen LogP) is 2.34. The normalized spacial score (nSPS) is 9.76. The van der Waals surface area contributed by atoms with Crippen LogP contribution < -0.4 is 5.62 Å². The molecule has 0 saturated heterocycles. The summed E-state index contributed by atoms with van der Waals surface area (Å²) < 4.78 is 1.84. The molecule has 9 heteroatoms. The van der Waals surface area contributed by atoms with Crippen molar-refractivity contribution >= 4 is 51.0 Å². The van der Waals surface area contributed by atoms with Crippen LogP contribution in [0.5, 0.6) is 0 Å². The van der Waals surface area contributed by atoms with E-state index in [9.17, 15) is 14.9 Å². The minimum atomic E-state index is -0.522. The van der Waals surface area contributed by atoms with Gasteiger partial charge >= 0.3 is 0 Å². The lowest BCUT2D eigenvalue weighted by molar-refractivity contribution is -0.385. The summed E-state index contributed by atoms with van der Waals surface area (Å²) in [5.74, 6) is -0.309. The molecule has 1 heterocycles. The number of rotatable bonds is 4. The second-order valence-electron chi connectivity index (χ2n) is 3.92. The van der Waals surface area contributed by atoms with E-state index in [4.69, 9.17) is 5.41 Å². The van der Waals surface area contributed by atoms with Crippen LogP contribution >= 0.6 is 39.6 Å². The topological polar surface area (TPSA) is 102 Å². The van der Waals surface area contributed by atoms with Crippen molar-refractivity contribution in [2.75, 3.05) is 0 Å². The van der Waals surface area contributed by atoms with E-state index in [0.717, 1.165) is 0 Å². The Balaban J connectivity index is 0.00000220. The van der Waals surface area contributed by atoms with Crippen LogP contribution in [0.25, 0.3) is 0 Å².